The Balaban J connectivity index is 1.80. The van der Waals surface area contributed by atoms with Gasteiger partial charge in [0.2, 0.25) is 5.65 Å². The Morgan fingerprint density at radius 1 is 1.04 bits per heavy atom. The van der Waals surface area contributed by atoms with E-state index in [-0.39, 0.29) is 5.56 Å². The Morgan fingerprint density at radius 2 is 1.81 bits per heavy atom. The van der Waals surface area contributed by atoms with Gasteiger partial charge in [0.05, 0.1) is 12.3 Å². The summed E-state index contributed by atoms with van der Waals surface area (Å²) in [6, 6.07) is 15.5. The first-order chi connectivity index (χ1) is 12.7. The summed E-state index contributed by atoms with van der Waals surface area (Å²) in [5.74, 6) is 0.785. The molecule has 5 heteroatoms. The third-order valence-corrected chi connectivity index (χ3v) is 4.37. The van der Waals surface area contributed by atoms with E-state index < -0.39 is 0 Å². The lowest BCUT2D eigenvalue weighted by Gasteiger charge is -2.07. The molecule has 130 valence electrons. The molecule has 0 saturated carbocycles. The van der Waals surface area contributed by atoms with E-state index >= 15 is 0 Å². The SMILES string of the molecule is CCOc1ccc(-n2ccn3cc(-c4ccccc4C)nc3c2=O)cc1. The number of hydrogen-bond acceptors (Lipinski definition) is 3. The van der Waals surface area contributed by atoms with Crippen LogP contribution in [0.1, 0.15) is 12.5 Å². The van der Waals surface area contributed by atoms with Crippen LogP contribution in [0.4, 0.5) is 0 Å². The van der Waals surface area contributed by atoms with Crippen molar-refractivity contribution in [2.75, 3.05) is 6.61 Å². The maximum atomic E-state index is 12.9. The van der Waals surface area contributed by atoms with E-state index in [4.69, 9.17) is 4.74 Å². The van der Waals surface area contributed by atoms with Gasteiger partial charge in [-0.1, -0.05) is 24.3 Å². The van der Waals surface area contributed by atoms with Crippen molar-refractivity contribution in [2.45, 2.75) is 13.8 Å². The van der Waals surface area contributed by atoms with E-state index in [9.17, 15) is 4.79 Å². The van der Waals surface area contributed by atoms with Crippen molar-refractivity contribution in [1.29, 1.82) is 0 Å². The van der Waals surface area contributed by atoms with Crippen molar-refractivity contribution in [1.82, 2.24) is 14.0 Å². The van der Waals surface area contributed by atoms with Crippen molar-refractivity contribution in [3.8, 4) is 22.7 Å². The van der Waals surface area contributed by atoms with Crippen molar-refractivity contribution < 1.29 is 4.74 Å². The summed E-state index contributed by atoms with van der Waals surface area (Å²) < 4.78 is 8.83. The molecule has 0 atom stereocenters. The van der Waals surface area contributed by atoms with Crippen molar-refractivity contribution in [2.24, 2.45) is 0 Å². The molecular formula is C21H19N3O2. The molecule has 4 aromatic rings. The number of aromatic nitrogens is 3. The molecule has 0 amide bonds. The normalized spacial score (nSPS) is 11.0. The molecule has 4 rings (SSSR count). The van der Waals surface area contributed by atoms with E-state index in [0.29, 0.717) is 12.3 Å². The Hall–Kier alpha value is -3.34. The first-order valence-electron chi connectivity index (χ1n) is 8.57. The van der Waals surface area contributed by atoms with Crippen LogP contribution in [0.3, 0.4) is 0 Å². The third kappa shape index (κ3) is 2.77. The summed E-state index contributed by atoms with van der Waals surface area (Å²) in [5, 5.41) is 0. The van der Waals surface area contributed by atoms with Crippen LogP contribution in [0, 0.1) is 6.92 Å². The molecule has 0 unspecified atom stereocenters. The van der Waals surface area contributed by atoms with Crippen molar-refractivity contribution in [3.05, 3.63) is 83.0 Å². The summed E-state index contributed by atoms with van der Waals surface area (Å²) in [4.78, 5) is 17.5. The summed E-state index contributed by atoms with van der Waals surface area (Å²) >= 11 is 0. The van der Waals surface area contributed by atoms with Gasteiger partial charge in [-0.15, -0.1) is 0 Å². The number of rotatable bonds is 4. The molecule has 0 N–H and O–H groups in total. The summed E-state index contributed by atoms with van der Waals surface area (Å²) in [6.07, 6.45) is 5.50. The van der Waals surface area contributed by atoms with Gasteiger partial charge in [0.25, 0.3) is 5.56 Å². The third-order valence-electron chi connectivity index (χ3n) is 4.37. The zero-order chi connectivity index (χ0) is 18.1. The predicted molar refractivity (Wildman–Crippen MR) is 102 cm³/mol. The average Bonchev–Trinajstić information content (AvgIpc) is 3.09. The van der Waals surface area contributed by atoms with Gasteiger partial charge < -0.3 is 9.14 Å². The van der Waals surface area contributed by atoms with Gasteiger partial charge in [0.1, 0.15) is 5.75 Å². The molecule has 2 aromatic carbocycles. The number of nitrogens with zero attached hydrogens (tertiary/aromatic N) is 3. The Kier molecular flexibility index (Phi) is 4.05. The Bertz CT molecular complexity index is 1120. The number of aryl methyl sites for hydroxylation is 1. The highest BCUT2D eigenvalue weighted by molar-refractivity contribution is 5.65. The Morgan fingerprint density at radius 3 is 2.54 bits per heavy atom. The lowest BCUT2D eigenvalue weighted by molar-refractivity contribution is 0.340. The minimum atomic E-state index is -0.156. The topological polar surface area (TPSA) is 48.5 Å². The first kappa shape index (κ1) is 16.1. The zero-order valence-corrected chi connectivity index (χ0v) is 14.7. The standard InChI is InChI=1S/C21H19N3O2/c1-3-26-17-10-8-16(9-11-17)24-13-12-23-14-19(22-20(23)21(24)25)18-7-5-4-6-15(18)2/h4-14H,3H2,1-2H3. The molecule has 0 aliphatic rings. The number of fused-ring (bicyclic) bond motifs is 1. The molecule has 0 spiro atoms. The number of imidazole rings is 1. The van der Waals surface area contributed by atoms with Crippen molar-refractivity contribution in [3.63, 3.8) is 0 Å². The molecule has 0 aliphatic carbocycles. The molecule has 0 bridgehead atoms. The van der Waals surface area contributed by atoms with Crippen molar-refractivity contribution >= 4 is 5.65 Å². The van der Waals surface area contributed by atoms with E-state index in [0.717, 1.165) is 28.3 Å². The maximum Gasteiger partial charge on any atom is 0.298 e. The fourth-order valence-corrected chi connectivity index (χ4v) is 3.04. The van der Waals surface area contributed by atoms with Crippen LogP contribution >= 0.6 is 0 Å². The van der Waals surface area contributed by atoms with Crippen LogP contribution < -0.4 is 10.3 Å². The average molecular weight is 345 g/mol. The minimum absolute atomic E-state index is 0.156. The van der Waals surface area contributed by atoms with Crippen LogP contribution in [0.2, 0.25) is 0 Å². The molecule has 2 aromatic heterocycles. The zero-order valence-electron chi connectivity index (χ0n) is 14.7. The summed E-state index contributed by atoms with van der Waals surface area (Å²) in [5.41, 5.74) is 3.98. The molecule has 0 radical (unpaired) electrons. The highest BCUT2D eigenvalue weighted by Crippen LogP contribution is 2.22. The highest BCUT2D eigenvalue weighted by atomic mass is 16.5. The molecule has 0 aliphatic heterocycles. The lowest BCUT2D eigenvalue weighted by atomic mass is 10.1. The summed E-state index contributed by atoms with van der Waals surface area (Å²) in [6.45, 7) is 4.59. The van der Waals surface area contributed by atoms with Gasteiger partial charge in [0.15, 0.2) is 0 Å². The van der Waals surface area contributed by atoms with Gasteiger partial charge >= 0.3 is 0 Å². The number of hydrogen-bond donors (Lipinski definition) is 0. The van der Waals surface area contributed by atoms with E-state index in [1.165, 1.54) is 0 Å². The monoisotopic (exact) mass is 345 g/mol. The second-order valence-corrected chi connectivity index (χ2v) is 6.07. The lowest BCUT2D eigenvalue weighted by Crippen LogP contribution is -2.19. The molecular weight excluding hydrogens is 326 g/mol. The van der Waals surface area contributed by atoms with E-state index in [1.54, 1.807) is 15.2 Å². The smallest absolute Gasteiger partial charge is 0.298 e. The van der Waals surface area contributed by atoms with Crippen LogP contribution in [0.5, 0.6) is 5.75 Å². The number of ether oxygens (including phenoxy) is 1. The van der Waals surface area contributed by atoms with Crippen LogP contribution in [-0.2, 0) is 0 Å². The fourth-order valence-electron chi connectivity index (χ4n) is 3.04. The molecule has 2 heterocycles. The van der Waals surface area contributed by atoms with Crippen LogP contribution in [-0.4, -0.2) is 20.6 Å². The first-order valence-corrected chi connectivity index (χ1v) is 8.57. The highest BCUT2D eigenvalue weighted by Gasteiger charge is 2.11. The maximum absolute atomic E-state index is 12.9. The minimum Gasteiger partial charge on any atom is -0.494 e. The molecule has 0 fully saturated rings. The van der Waals surface area contributed by atoms with E-state index in [1.807, 2.05) is 74.8 Å². The number of benzene rings is 2. The summed E-state index contributed by atoms with van der Waals surface area (Å²) in [7, 11) is 0. The second kappa shape index (κ2) is 6.52. The van der Waals surface area contributed by atoms with Gasteiger partial charge in [0, 0.05) is 29.8 Å². The molecule has 26 heavy (non-hydrogen) atoms. The quantitative estimate of drug-likeness (QED) is 0.564. The molecule has 5 nitrogen and oxygen atoms in total. The fraction of sp³-hybridized carbons (Fsp3) is 0.143. The predicted octanol–water partition coefficient (Wildman–Crippen LogP) is 3.86. The van der Waals surface area contributed by atoms with Gasteiger partial charge in [-0.2, -0.15) is 0 Å². The van der Waals surface area contributed by atoms with Gasteiger partial charge in [-0.05, 0) is 43.7 Å². The largest absolute Gasteiger partial charge is 0.494 e. The van der Waals surface area contributed by atoms with Gasteiger partial charge in [-0.25, -0.2) is 4.98 Å². The van der Waals surface area contributed by atoms with Crippen LogP contribution in [0.15, 0.2) is 71.9 Å². The molecule has 0 saturated heterocycles. The van der Waals surface area contributed by atoms with Crippen LogP contribution in [0.25, 0.3) is 22.6 Å². The van der Waals surface area contributed by atoms with Gasteiger partial charge in [-0.3, -0.25) is 9.36 Å². The second-order valence-electron chi connectivity index (χ2n) is 6.07. The van der Waals surface area contributed by atoms with E-state index in [2.05, 4.69) is 4.98 Å². The Labute approximate surface area is 151 Å².